The van der Waals surface area contributed by atoms with Gasteiger partial charge in [0.25, 0.3) is 0 Å². The summed E-state index contributed by atoms with van der Waals surface area (Å²) in [7, 11) is 6.66. The summed E-state index contributed by atoms with van der Waals surface area (Å²) in [5, 5.41) is 23.3. The number of likely N-dealkylation sites (N-methyl/N-ethyl adjacent to an activating group) is 1. The summed E-state index contributed by atoms with van der Waals surface area (Å²) >= 11 is 0. The molecule has 226 valence electrons. The largest absolute Gasteiger partial charge is 0.507 e. The van der Waals surface area contributed by atoms with Crippen molar-refractivity contribution in [3.8, 4) is 16.9 Å². The fourth-order valence-electron chi connectivity index (χ4n) is 7.31. The van der Waals surface area contributed by atoms with Gasteiger partial charge in [0.1, 0.15) is 5.75 Å². The third-order valence-corrected chi connectivity index (χ3v) is 9.36. The maximum absolute atomic E-state index is 14.2. The molecule has 0 spiro atoms. The summed E-state index contributed by atoms with van der Waals surface area (Å²) in [4.78, 5) is 82.6. The number of phenols is 1. The Balaban J connectivity index is 1.66. The highest BCUT2D eigenvalue weighted by Gasteiger charge is 2.69. The van der Waals surface area contributed by atoms with Crippen molar-refractivity contribution >= 4 is 40.5 Å². The molecule has 11 heteroatoms. The van der Waals surface area contributed by atoms with Crippen LogP contribution >= 0.6 is 0 Å². The second-order valence-corrected chi connectivity index (χ2v) is 12.2. The molecule has 0 aliphatic heterocycles. The first kappa shape index (κ1) is 30.2. The van der Waals surface area contributed by atoms with E-state index < -0.39 is 64.4 Å². The average molecular weight is 590 g/mol. The predicted molar refractivity (Wildman–Crippen MR) is 156 cm³/mol. The van der Waals surface area contributed by atoms with Crippen molar-refractivity contribution in [3.63, 3.8) is 0 Å². The molecule has 0 bridgehead atoms. The van der Waals surface area contributed by atoms with Gasteiger partial charge in [-0.2, -0.15) is 0 Å². The van der Waals surface area contributed by atoms with Gasteiger partial charge in [0.15, 0.2) is 40.4 Å². The number of hydrogen-bond donors (Lipinski definition) is 3. The maximum atomic E-state index is 14.2. The van der Waals surface area contributed by atoms with Gasteiger partial charge < -0.3 is 20.8 Å². The Morgan fingerprint density at radius 3 is 2.19 bits per heavy atom. The molecule has 2 unspecified atom stereocenters. The third kappa shape index (κ3) is 4.32. The first-order chi connectivity index (χ1) is 20.2. The Morgan fingerprint density at radius 2 is 1.65 bits per heavy atom. The molecule has 0 saturated heterocycles. The lowest BCUT2D eigenvalue weighted by Gasteiger charge is -2.52. The number of benzene rings is 2. The Morgan fingerprint density at radius 1 is 1.02 bits per heavy atom. The molecule has 0 radical (unpaired) electrons. The molecular formula is C32H35N3O8. The van der Waals surface area contributed by atoms with Crippen molar-refractivity contribution in [1.82, 2.24) is 4.90 Å². The van der Waals surface area contributed by atoms with Gasteiger partial charge in [-0.1, -0.05) is 31.2 Å². The smallest absolute Gasteiger partial charge is 0.235 e. The van der Waals surface area contributed by atoms with Gasteiger partial charge in [-0.05, 0) is 50.0 Å². The highest BCUT2D eigenvalue weighted by atomic mass is 16.3. The minimum atomic E-state index is -2.78. The topological polar surface area (TPSA) is 175 Å². The van der Waals surface area contributed by atoms with E-state index in [0.29, 0.717) is 34.4 Å². The van der Waals surface area contributed by atoms with E-state index in [1.165, 1.54) is 4.90 Å². The molecular weight excluding hydrogens is 554 g/mol. The Kier molecular flexibility index (Phi) is 7.38. The van der Waals surface area contributed by atoms with Crippen LogP contribution in [-0.4, -0.2) is 89.8 Å². The number of rotatable bonds is 6. The van der Waals surface area contributed by atoms with Gasteiger partial charge in [0, 0.05) is 43.2 Å². The number of aliphatic hydroxyl groups is 1. The lowest BCUT2D eigenvalue weighted by molar-refractivity contribution is -0.181. The van der Waals surface area contributed by atoms with Gasteiger partial charge in [-0.3, -0.25) is 33.7 Å². The number of nitrogens with two attached hydrogens (primary N) is 1. The summed E-state index contributed by atoms with van der Waals surface area (Å²) < 4.78 is 0. The van der Waals surface area contributed by atoms with Crippen molar-refractivity contribution in [2.75, 3.05) is 33.1 Å². The third-order valence-electron chi connectivity index (χ3n) is 9.36. The average Bonchev–Trinajstić information content (AvgIpc) is 2.94. The fraction of sp³-hybridized carbons (Fsp3) is 0.438. The zero-order chi connectivity index (χ0) is 31.7. The highest BCUT2D eigenvalue weighted by Crippen LogP contribution is 2.53. The minimum Gasteiger partial charge on any atom is -0.507 e. The van der Waals surface area contributed by atoms with E-state index in [1.807, 2.05) is 0 Å². The van der Waals surface area contributed by atoms with Crippen molar-refractivity contribution in [3.05, 3.63) is 47.0 Å². The molecule has 2 aromatic rings. The molecule has 2 aromatic carbocycles. The van der Waals surface area contributed by atoms with Crippen LogP contribution in [0.2, 0.25) is 0 Å². The molecule has 4 N–H and O–H groups in total. The molecule has 3 aliphatic carbocycles. The second-order valence-electron chi connectivity index (χ2n) is 12.2. The summed E-state index contributed by atoms with van der Waals surface area (Å²) in [6, 6.07) is 7.20. The first-order valence-electron chi connectivity index (χ1n) is 14.2. The number of amides is 1. The fourth-order valence-corrected chi connectivity index (χ4v) is 7.31. The number of aromatic hydroxyl groups is 1. The molecule has 6 atom stereocenters. The zero-order valence-corrected chi connectivity index (χ0v) is 24.7. The molecule has 43 heavy (non-hydrogen) atoms. The van der Waals surface area contributed by atoms with Gasteiger partial charge in [0.05, 0.1) is 17.5 Å². The van der Waals surface area contributed by atoms with Crippen LogP contribution in [0.5, 0.6) is 5.75 Å². The molecule has 0 heterocycles. The number of anilines is 1. The van der Waals surface area contributed by atoms with E-state index in [2.05, 4.69) is 0 Å². The lowest BCUT2D eigenvalue weighted by atomic mass is 9.52. The van der Waals surface area contributed by atoms with E-state index in [1.54, 1.807) is 70.3 Å². The van der Waals surface area contributed by atoms with Crippen LogP contribution in [-0.2, 0) is 25.6 Å². The molecule has 2 saturated carbocycles. The monoisotopic (exact) mass is 589 g/mol. The Labute approximate surface area is 248 Å². The van der Waals surface area contributed by atoms with Crippen molar-refractivity contribution in [1.29, 1.82) is 0 Å². The molecule has 1 amide bonds. The summed E-state index contributed by atoms with van der Waals surface area (Å²) in [5.41, 5.74) is 5.02. The quantitative estimate of drug-likeness (QED) is 0.328. The van der Waals surface area contributed by atoms with Crippen molar-refractivity contribution in [2.45, 2.75) is 37.8 Å². The lowest BCUT2D eigenvalue weighted by Crippen LogP contribution is -2.74. The predicted octanol–water partition coefficient (Wildman–Crippen LogP) is 1.19. The van der Waals surface area contributed by atoms with Crippen LogP contribution in [0.25, 0.3) is 11.1 Å². The van der Waals surface area contributed by atoms with Crippen LogP contribution in [0.3, 0.4) is 0 Å². The number of nitrogens with zero attached hydrogens (tertiary/aromatic N) is 2. The standard InChI is InChI=1S/C32H35N3O8/c1-6-21(36)15-9-7-14(8-10-15)17-13-20(34(2)3)18-11-16-12-19-25(35(4)5)28(39)24(31(33)42)30(41)32(19,43)29(40)22(16)27(38)23(18)26(17)37/h7-10,13,16,19,22,24-25,37,43H,6,11-12H2,1-5H3,(H2,33,42)/t16-,19-,22?,24?,25-,32-/m0/s1. The number of phenolic OH excluding ortho intramolecular Hbond substituents is 1. The van der Waals surface area contributed by atoms with E-state index in [9.17, 15) is 39.0 Å². The number of primary amides is 1. The van der Waals surface area contributed by atoms with Crippen molar-refractivity contribution < 1.29 is 39.0 Å². The van der Waals surface area contributed by atoms with E-state index >= 15 is 0 Å². The van der Waals surface area contributed by atoms with Crippen molar-refractivity contribution in [2.24, 2.45) is 29.4 Å². The SMILES string of the molecule is CCC(=O)c1ccc(-c2cc(N(C)C)c3c(c2O)C(=O)C2C(=O)[C@]4(O)C(=O)C(C(N)=O)C(=O)[C@@H](N(C)C)[C@@H]4C[C@@H]2C3)cc1. The minimum absolute atomic E-state index is 0.0216. The van der Waals surface area contributed by atoms with Crippen LogP contribution in [0.1, 0.15) is 46.0 Å². The van der Waals surface area contributed by atoms with Crippen LogP contribution in [0.4, 0.5) is 5.69 Å². The van der Waals surface area contributed by atoms with Gasteiger partial charge in [0.2, 0.25) is 5.91 Å². The summed E-state index contributed by atoms with van der Waals surface area (Å²) in [6.45, 7) is 1.76. The second kappa shape index (κ2) is 10.5. The molecule has 5 rings (SSSR count). The highest BCUT2D eigenvalue weighted by molar-refractivity contribution is 6.32. The van der Waals surface area contributed by atoms with Crippen LogP contribution in [0.15, 0.2) is 30.3 Å². The number of ketones is 5. The summed E-state index contributed by atoms with van der Waals surface area (Å²) in [5.74, 6) is -11.0. The molecule has 3 aliphatic rings. The number of carbonyl (C=O) groups excluding carboxylic acids is 6. The number of Topliss-reactive ketones (excluding diaryl/α,β-unsaturated/α-hetero) is 5. The molecule has 11 nitrogen and oxygen atoms in total. The normalized spacial score (nSPS) is 28.3. The number of carbonyl (C=O) groups is 6. The van der Waals surface area contributed by atoms with Gasteiger partial charge >= 0.3 is 0 Å². The van der Waals surface area contributed by atoms with E-state index in [4.69, 9.17) is 5.73 Å². The van der Waals surface area contributed by atoms with Crippen LogP contribution in [0, 0.1) is 23.7 Å². The number of hydrogen-bond acceptors (Lipinski definition) is 10. The summed E-state index contributed by atoms with van der Waals surface area (Å²) in [6.07, 6.45) is 0.474. The van der Waals surface area contributed by atoms with E-state index in [0.717, 1.165) is 0 Å². The Hall–Kier alpha value is -4.22. The molecule has 2 fully saturated rings. The van der Waals surface area contributed by atoms with E-state index in [-0.39, 0.29) is 29.9 Å². The number of fused-ring (bicyclic) bond motifs is 3. The zero-order valence-electron chi connectivity index (χ0n) is 24.7. The van der Waals surface area contributed by atoms with Gasteiger partial charge in [-0.15, -0.1) is 0 Å². The van der Waals surface area contributed by atoms with Gasteiger partial charge in [-0.25, -0.2) is 0 Å². The first-order valence-corrected chi connectivity index (χ1v) is 14.2. The molecule has 0 aromatic heterocycles. The van der Waals surface area contributed by atoms with Crippen LogP contribution < -0.4 is 10.6 Å². The maximum Gasteiger partial charge on any atom is 0.235 e. The Bertz CT molecular complexity index is 1590.